The highest BCUT2D eigenvalue weighted by molar-refractivity contribution is 6.31. The van der Waals surface area contributed by atoms with Crippen LogP contribution in [0.1, 0.15) is 22.1 Å². The summed E-state index contributed by atoms with van der Waals surface area (Å²) >= 11 is 11.7. The summed E-state index contributed by atoms with van der Waals surface area (Å²) in [4.78, 5) is 12.6. The summed E-state index contributed by atoms with van der Waals surface area (Å²) in [5, 5.41) is 21.8. The maximum Gasteiger partial charge on any atom is 0.187 e. The van der Waals surface area contributed by atoms with E-state index in [2.05, 4.69) is 15.5 Å². The third kappa shape index (κ3) is 3.13. The Morgan fingerprint density at radius 1 is 1.04 bits per heavy atom. The van der Waals surface area contributed by atoms with Crippen LogP contribution in [0.3, 0.4) is 0 Å². The van der Waals surface area contributed by atoms with E-state index in [1.807, 2.05) is 6.07 Å². The number of tetrazole rings is 1. The first-order valence-electron chi connectivity index (χ1n) is 6.84. The molecule has 1 heterocycles. The number of nitriles is 1. The molecule has 118 valence electrons. The molecule has 1 aromatic heterocycles. The Bertz CT molecular complexity index is 913. The standard InChI is InChI=1S/C16H9Cl2N5O/c17-11-3-1-10(2-4-11)15(24)14(9-19)16-20-21-22-23(16)13-7-5-12(18)6-8-13/h1-8,14H/t14-/m0/s1. The molecule has 0 bridgehead atoms. The molecule has 0 amide bonds. The SMILES string of the molecule is N#C[C@@H](C(=O)c1ccc(Cl)cc1)c1nnnn1-c1ccc(Cl)cc1. The van der Waals surface area contributed by atoms with Gasteiger partial charge in [-0.05, 0) is 59.0 Å². The first kappa shape index (κ1) is 16.1. The molecule has 0 aliphatic heterocycles. The molecule has 0 spiro atoms. The third-order valence-corrected chi connectivity index (χ3v) is 3.85. The van der Waals surface area contributed by atoms with Crippen LogP contribution in [-0.2, 0) is 0 Å². The van der Waals surface area contributed by atoms with Gasteiger partial charge in [0.2, 0.25) is 0 Å². The maximum atomic E-state index is 12.6. The van der Waals surface area contributed by atoms with Gasteiger partial charge in [0.15, 0.2) is 17.5 Å². The van der Waals surface area contributed by atoms with Crippen LogP contribution in [0.2, 0.25) is 10.0 Å². The average molecular weight is 358 g/mol. The minimum Gasteiger partial charge on any atom is -0.292 e. The highest BCUT2D eigenvalue weighted by Crippen LogP contribution is 2.22. The number of benzene rings is 2. The van der Waals surface area contributed by atoms with Crippen molar-refractivity contribution in [1.29, 1.82) is 5.26 Å². The Kier molecular flexibility index (Phi) is 4.56. The molecule has 24 heavy (non-hydrogen) atoms. The van der Waals surface area contributed by atoms with E-state index in [0.717, 1.165) is 0 Å². The van der Waals surface area contributed by atoms with E-state index in [9.17, 15) is 10.1 Å². The quantitative estimate of drug-likeness (QED) is 0.667. The van der Waals surface area contributed by atoms with Crippen molar-refractivity contribution in [2.75, 3.05) is 0 Å². The minimum atomic E-state index is -1.14. The number of rotatable bonds is 4. The van der Waals surface area contributed by atoms with Gasteiger partial charge in [0.05, 0.1) is 11.8 Å². The summed E-state index contributed by atoms with van der Waals surface area (Å²) in [5.41, 5.74) is 0.958. The normalized spacial score (nSPS) is 11.7. The number of aromatic nitrogens is 4. The summed E-state index contributed by atoms with van der Waals surface area (Å²) in [7, 11) is 0. The van der Waals surface area contributed by atoms with Crippen molar-refractivity contribution in [3.05, 3.63) is 70.0 Å². The predicted molar refractivity (Wildman–Crippen MR) is 88.3 cm³/mol. The van der Waals surface area contributed by atoms with E-state index < -0.39 is 11.7 Å². The molecule has 3 aromatic rings. The lowest BCUT2D eigenvalue weighted by Gasteiger charge is -2.09. The van der Waals surface area contributed by atoms with Crippen LogP contribution in [0.15, 0.2) is 48.5 Å². The van der Waals surface area contributed by atoms with E-state index >= 15 is 0 Å². The molecule has 0 aliphatic carbocycles. The zero-order valence-corrected chi connectivity index (χ0v) is 13.6. The van der Waals surface area contributed by atoms with Crippen LogP contribution in [0.25, 0.3) is 5.69 Å². The van der Waals surface area contributed by atoms with Crippen LogP contribution in [0.5, 0.6) is 0 Å². The number of carbonyl (C=O) groups is 1. The molecule has 0 aliphatic rings. The zero-order chi connectivity index (χ0) is 17.1. The van der Waals surface area contributed by atoms with Gasteiger partial charge in [-0.2, -0.15) is 9.94 Å². The van der Waals surface area contributed by atoms with Crippen LogP contribution in [-0.4, -0.2) is 26.0 Å². The Hall–Kier alpha value is -2.75. The summed E-state index contributed by atoms with van der Waals surface area (Å²) in [6.07, 6.45) is 0. The van der Waals surface area contributed by atoms with Gasteiger partial charge in [0, 0.05) is 15.6 Å². The Labute approximate surface area is 147 Å². The average Bonchev–Trinajstić information content (AvgIpc) is 3.06. The van der Waals surface area contributed by atoms with Crippen LogP contribution < -0.4 is 0 Å². The molecule has 2 aromatic carbocycles. The lowest BCUT2D eigenvalue weighted by Crippen LogP contribution is -2.16. The molecule has 0 saturated carbocycles. The second-order valence-corrected chi connectivity index (χ2v) is 5.73. The number of carbonyl (C=O) groups excluding carboxylic acids is 1. The van der Waals surface area contributed by atoms with Crippen molar-refractivity contribution < 1.29 is 4.79 Å². The topological polar surface area (TPSA) is 84.5 Å². The van der Waals surface area contributed by atoms with Gasteiger partial charge in [0.1, 0.15) is 0 Å². The molecule has 0 fully saturated rings. The number of Topliss-reactive ketones (excluding diaryl/α,β-unsaturated/α-hetero) is 1. The third-order valence-electron chi connectivity index (χ3n) is 3.34. The highest BCUT2D eigenvalue weighted by atomic mass is 35.5. The minimum absolute atomic E-state index is 0.139. The van der Waals surface area contributed by atoms with Gasteiger partial charge in [-0.15, -0.1) is 5.10 Å². The molecule has 0 saturated heterocycles. The lowest BCUT2D eigenvalue weighted by atomic mass is 9.98. The summed E-state index contributed by atoms with van der Waals surface area (Å²) in [5.74, 6) is -1.41. The van der Waals surface area contributed by atoms with Crippen molar-refractivity contribution in [3.63, 3.8) is 0 Å². The maximum absolute atomic E-state index is 12.6. The lowest BCUT2D eigenvalue weighted by molar-refractivity contribution is 0.0975. The number of hydrogen-bond donors (Lipinski definition) is 0. The first-order valence-corrected chi connectivity index (χ1v) is 7.59. The van der Waals surface area contributed by atoms with Crippen molar-refractivity contribution in [2.45, 2.75) is 5.92 Å². The summed E-state index contributed by atoms with van der Waals surface area (Å²) in [6.45, 7) is 0. The smallest absolute Gasteiger partial charge is 0.187 e. The number of hydrogen-bond acceptors (Lipinski definition) is 5. The molecule has 3 rings (SSSR count). The van der Waals surface area contributed by atoms with Gasteiger partial charge in [-0.3, -0.25) is 4.79 Å². The summed E-state index contributed by atoms with van der Waals surface area (Å²) in [6, 6.07) is 15.0. The Morgan fingerprint density at radius 2 is 1.62 bits per heavy atom. The largest absolute Gasteiger partial charge is 0.292 e. The van der Waals surface area contributed by atoms with E-state index in [1.54, 1.807) is 48.5 Å². The Morgan fingerprint density at radius 3 is 2.21 bits per heavy atom. The zero-order valence-electron chi connectivity index (χ0n) is 12.1. The molecule has 1 atom stereocenters. The molecule has 0 unspecified atom stereocenters. The summed E-state index contributed by atoms with van der Waals surface area (Å²) < 4.78 is 1.35. The van der Waals surface area contributed by atoms with Gasteiger partial charge < -0.3 is 0 Å². The van der Waals surface area contributed by atoms with Gasteiger partial charge in [-0.1, -0.05) is 23.2 Å². The number of halogens is 2. The fraction of sp³-hybridized carbons (Fsp3) is 0.0625. The first-order chi connectivity index (χ1) is 11.6. The second kappa shape index (κ2) is 6.79. The van der Waals surface area contributed by atoms with E-state index in [4.69, 9.17) is 23.2 Å². The van der Waals surface area contributed by atoms with Crippen molar-refractivity contribution in [1.82, 2.24) is 20.2 Å². The molecular weight excluding hydrogens is 349 g/mol. The van der Waals surface area contributed by atoms with Crippen LogP contribution >= 0.6 is 23.2 Å². The fourth-order valence-corrected chi connectivity index (χ4v) is 2.41. The van der Waals surface area contributed by atoms with Crippen LogP contribution in [0.4, 0.5) is 0 Å². The molecule has 0 radical (unpaired) electrons. The van der Waals surface area contributed by atoms with E-state index in [0.29, 0.717) is 21.3 Å². The highest BCUT2D eigenvalue weighted by Gasteiger charge is 2.28. The molecule has 0 N–H and O–H groups in total. The fourth-order valence-electron chi connectivity index (χ4n) is 2.15. The van der Waals surface area contributed by atoms with Crippen molar-refractivity contribution in [2.24, 2.45) is 0 Å². The van der Waals surface area contributed by atoms with Gasteiger partial charge in [0.25, 0.3) is 0 Å². The van der Waals surface area contributed by atoms with E-state index in [1.165, 1.54) is 4.68 Å². The van der Waals surface area contributed by atoms with Gasteiger partial charge in [-0.25, -0.2) is 0 Å². The van der Waals surface area contributed by atoms with Crippen LogP contribution in [0, 0.1) is 11.3 Å². The van der Waals surface area contributed by atoms with Crippen molar-refractivity contribution in [3.8, 4) is 11.8 Å². The molecule has 8 heteroatoms. The molecular formula is C16H9Cl2N5O. The monoisotopic (exact) mass is 357 g/mol. The van der Waals surface area contributed by atoms with Crippen molar-refractivity contribution >= 4 is 29.0 Å². The van der Waals surface area contributed by atoms with E-state index in [-0.39, 0.29) is 5.82 Å². The second-order valence-electron chi connectivity index (χ2n) is 4.86. The number of nitrogens with zero attached hydrogens (tertiary/aromatic N) is 5. The van der Waals surface area contributed by atoms with Gasteiger partial charge >= 0.3 is 0 Å². The molecule has 6 nitrogen and oxygen atoms in total. The number of ketones is 1. The predicted octanol–water partition coefficient (Wildman–Crippen LogP) is 3.46. The Balaban J connectivity index is 1.99.